The molecule has 1 saturated heterocycles. The Balaban J connectivity index is 2.44. The van der Waals surface area contributed by atoms with Crippen LogP contribution < -0.4 is 0 Å². The van der Waals surface area contributed by atoms with Gasteiger partial charge in [0.1, 0.15) is 29.9 Å². The first-order valence-corrected chi connectivity index (χ1v) is 5.11. The summed E-state index contributed by atoms with van der Waals surface area (Å²) in [7, 11) is 1.49. The molecule has 1 rings (SSSR count). The minimum Gasteiger partial charge on any atom is -0.463 e. The Kier molecular flexibility index (Phi) is 4.31. The van der Waals surface area contributed by atoms with Gasteiger partial charge in [0.15, 0.2) is 0 Å². The van der Waals surface area contributed by atoms with Gasteiger partial charge in [-0.1, -0.05) is 15.9 Å². The molecule has 14 heavy (non-hydrogen) atoms. The second-order valence-electron chi connectivity index (χ2n) is 3.02. The van der Waals surface area contributed by atoms with Crippen molar-refractivity contribution in [2.75, 3.05) is 13.7 Å². The SMILES string of the molecule is COC1C(O)[C@@H](COC(C)=O)O[C@H]1Br. The van der Waals surface area contributed by atoms with E-state index in [9.17, 15) is 9.90 Å². The van der Waals surface area contributed by atoms with Crippen LogP contribution in [0.3, 0.4) is 0 Å². The molecule has 4 atom stereocenters. The summed E-state index contributed by atoms with van der Waals surface area (Å²) in [6.45, 7) is 1.35. The zero-order valence-electron chi connectivity index (χ0n) is 7.97. The lowest BCUT2D eigenvalue weighted by Crippen LogP contribution is -2.35. The van der Waals surface area contributed by atoms with Crippen LogP contribution in [0.5, 0.6) is 0 Å². The number of carbonyl (C=O) groups is 1. The third-order valence-corrected chi connectivity index (χ3v) is 2.74. The molecule has 0 bridgehead atoms. The van der Waals surface area contributed by atoms with Crippen LogP contribution in [0.15, 0.2) is 0 Å². The van der Waals surface area contributed by atoms with Crippen LogP contribution in [0.2, 0.25) is 0 Å². The number of aliphatic hydroxyl groups excluding tert-OH is 1. The average Bonchev–Trinajstić information content (AvgIpc) is 2.38. The summed E-state index contributed by atoms with van der Waals surface area (Å²) >= 11 is 3.21. The summed E-state index contributed by atoms with van der Waals surface area (Å²) in [4.78, 5) is 10.5. The Hall–Kier alpha value is -0.170. The topological polar surface area (TPSA) is 65.0 Å². The van der Waals surface area contributed by atoms with Crippen molar-refractivity contribution >= 4 is 21.9 Å². The van der Waals surface area contributed by atoms with Crippen LogP contribution in [0.25, 0.3) is 0 Å². The molecule has 0 aromatic rings. The monoisotopic (exact) mass is 268 g/mol. The number of hydrogen-bond donors (Lipinski definition) is 1. The molecule has 0 aromatic carbocycles. The molecule has 0 aliphatic carbocycles. The largest absolute Gasteiger partial charge is 0.463 e. The van der Waals surface area contributed by atoms with Crippen molar-refractivity contribution in [3.63, 3.8) is 0 Å². The first-order chi connectivity index (χ1) is 6.56. The molecule has 0 spiro atoms. The summed E-state index contributed by atoms with van der Waals surface area (Å²) in [5.74, 6) is -0.396. The van der Waals surface area contributed by atoms with Crippen LogP contribution >= 0.6 is 15.9 Å². The van der Waals surface area contributed by atoms with Crippen LogP contribution in [0.4, 0.5) is 0 Å². The number of hydrogen-bond acceptors (Lipinski definition) is 5. The molecule has 6 heteroatoms. The third-order valence-electron chi connectivity index (χ3n) is 2.00. The zero-order chi connectivity index (χ0) is 10.7. The number of aliphatic hydroxyl groups is 1. The standard InChI is InChI=1S/C8H13BrO5/c1-4(10)13-3-5-6(11)7(12-2)8(9)14-5/h5-8,11H,3H2,1-2H3/t5-,6?,7?,8-/m1/s1. The van der Waals surface area contributed by atoms with Crippen LogP contribution in [0, 0.1) is 0 Å². The first kappa shape index (κ1) is 11.9. The van der Waals surface area contributed by atoms with Gasteiger partial charge in [-0.2, -0.15) is 0 Å². The van der Waals surface area contributed by atoms with E-state index >= 15 is 0 Å². The quantitative estimate of drug-likeness (QED) is 0.579. The van der Waals surface area contributed by atoms with Crippen molar-refractivity contribution < 1.29 is 24.1 Å². The van der Waals surface area contributed by atoms with E-state index in [-0.39, 0.29) is 11.6 Å². The molecule has 2 unspecified atom stereocenters. The lowest BCUT2D eigenvalue weighted by molar-refractivity contribution is -0.145. The number of alkyl halides is 1. The lowest BCUT2D eigenvalue weighted by Gasteiger charge is -2.15. The Morgan fingerprint density at radius 2 is 2.29 bits per heavy atom. The normalized spacial score (nSPS) is 37.1. The first-order valence-electron chi connectivity index (χ1n) is 4.20. The fourth-order valence-electron chi connectivity index (χ4n) is 1.28. The van der Waals surface area contributed by atoms with E-state index in [2.05, 4.69) is 15.9 Å². The Morgan fingerprint density at radius 3 is 2.71 bits per heavy atom. The maximum absolute atomic E-state index is 10.5. The summed E-state index contributed by atoms with van der Waals surface area (Å²) in [5.41, 5.74) is 0. The molecule has 0 aromatic heterocycles. The van der Waals surface area contributed by atoms with E-state index in [0.29, 0.717) is 0 Å². The van der Waals surface area contributed by atoms with Crippen molar-refractivity contribution in [1.82, 2.24) is 0 Å². The number of carbonyl (C=O) groups excluding carboxylic acids is 1. The second-order valence-corrected chi connectivity index (χ2v) is 3.92. The predicted octanol–water partition coefficient (Wildman–Crippen LogP) is 0.0452. The van der Waals surface area contributed by atoms with Gasteiger partial charge in [0.2, 0.25) is 0 Å². The molecule has 1 aliphatic heterocycles. The van der Waals surface area contributed by atoms with Crippen molar-refractivity contribution in [1.29, 1.82) is 0 Å². The van der Waals surface area contributed by atoms with Crippen molar-refractivity contribution in [2.45, 2.75) is 30.2 Å². The summed E-state index contributed by atoms with van der Waals surface area (Å²) < 4.78 is 15.0. The fraction of sp³-hybridized carbons (Fsp3) is 0.875. The Labute approximate surface area is 90.5 Å². The number of halogens is 1. The molecule has 1 aliphatic rings. The van der Waals surface area contributed by atoms with Crippen LogP contribution in [-0.4, -0.2) is 48.1 Å². The molecule has 0 saturated carbocycles. The van der Waals surface area contributed by atoms with E-state index < -0.39 is 24.3 Å². The molecular weight excluding hydrogens is 256 g/mol. The van der Waals surface area contributed by atoms with Gasteiger partial charge in [0.25, 0.3) is 0 Å². The van der Waals surface area contributed by atoms with Gasteiger partial charge >= 0.3 is 5.97 Å². The summed E-state index contributed by atoms with van der Waals surface area (Å²) in [6, 6.07) is 0. The highest BCUT2D eigenvalue weighted by atomic mass is 79.9. The van der Waals surface area contributed by atoms with Crippen molar-refractivity contribution in [2.24, 2.45) is 0 Å². The van der Waals surface area contributed by atoms with E-state index in [1.54, 1.807) is 0 Å². The summed E-state index contributed by atoms with van der Waals surface area (Å²) in [6.07, 6.45) is -1.76. The second kappa shape index (κ2) is 5.06. The van der Waals surface area contributed by atoms with Crippen LogP contribution in [0.1, 0.15) is 6.92 Å². The van der Waals surface area contributed by atoms with Gasteiger partial charge < -0.3 is 19.3 Å². The maximum Gasteiger partial charge on any atom is 0.302 e. The number of esters is 1. The highest BCUT2D eigenvalue weighted by Crippen LogP contribution is 2.27. The molecule has 0 radical (unpaired) electrons. The molecule has 0 amide bonds. The molecule has 5 nitrogen and oxygen atoms in total. The lowest BCUT2D eigenvalue weighted by atomic mass is 10.1. The minimum absolute atomic E-state index is 0.0401. The van der Waals surface area contributed by atoms with Gasteiger partial charge in [-0.3, -0.25) is 4.79 Å². The van der Waals surface area contributed by atoms with Gasteiger partial charge in [-0.15, -0.1) is 0 Å². The number of rotatable bonds is 3. The van der Waals surface area contributed by atoms with E-state index in [0.717, 1.165) is 0 Å². The third kappa shape index (κ3) is 2.66. The van der Waals surface area contributed by atoms with Gasteiger partial charge in [-0.25, -0.2) is 0 Å². The van der Waals surface area contributed by atoms with E-state index in [1.807, 2.05) is 0 Å². The average molecular weight is 269 g/mol. The highest BCUT2D eigenvalue weighted by molar-refractivity contribution is 9.09. The molecule has 82 valence electrons. The van der Waals surface area contributed by atoms with E-state index in [1.165, 1.54) is 14.0 Å². The molecular formula is C8H13BrO5. The molecule has 1 N–H and O–H groups in total. The van der Waals surface area contributed by atoms with Gasteiger partial charge in [-0.05, 0) is 0 Å². The van der Waals surface area contributed by atoms with Gasteiger partial charge in [0, 0.05) is 14.0 Å². The van der Waals surface area contributed by atoms with Gasteiger partial charge in [0.05, 0.1) is 0 Å². The van der Waals surface area contributed by atoms with Crippen molar-refractivity contribution in [3.8, 4) is 0 Å². The van der Waals surface area contributed by atoms with Crippen molar-refractivity contribution in [3.05, 3.63) is 0 Å². The fourth-order valence-corrected chi connectivity index (χ4v) is 2.08. The Morgan fingerprint density at radius 1 is 1.64 bits per heavy atom. The number of methoxy groups -OCH3 is 1. The predicted molar refractivity (Wildman–Crippen MR) is 51.0 cm³/mol. The summed E-state index contributed by atoms with van der Waals surface area (Å²) in [5, 5.41) is 9.29. The Bertz CT molecular complexity index is 210. The zero-order valence-corrected chi connectivity index (χ0v) is 9.56. The molecule has 1 heterocycles. The van der Waals surface area contributed by atoms with E-state index in [4.69, 9.17) is 14.2 Å². The highest BCUT2D eigenvalue weighted by Gasteiger charge is 2.43. The minimum atomic E-state index is -0.788. The molecule has 1 fully saturated rings. The number of ether oxygens (including phenoxy) is 3. The smallest absolute Gasteiger partial charge is 0.302 e. The van der Waals surface area contributed by atoms with Crippen LogP contribution in [-0.2, 0) is 19.0 Å². The maximum atomic E-state index is 10.5.